The van der Waals surface area contributed by atoms with Gasteiger partial charge in [0.05, 0.1) is 29.0 Å². The highest BCUT2D eigenvalue weighted by atomic mass is 35.5. The summed E-state index contributed by atoms with van der Waals surface area (Å²) in [4.78, 5) is 8.91. The molecule has 3 aromatic rings. The summed E-state index contributed by atoms with van der Waals surface area (Å²) in [5, 5.41) is 2.10. The third kappa shape index (κ3) is 5.10. The van der Waals surface area contributed by atoms with Crippen LogP contribution in [0.15, 0.2) is 42.7 Å². The zero-order valence-corrected chi connectivity index (χ0v) is 17.2. The number of pyridine rings is 2. The zero-order valence-electron chi connectivity index (χ0n) is 15.7. The van der Waals surface area contributed by atoms with Crippen molar-refractivity contribution in [2.45, 2.75) is 32.7 Å². The summed E-state index contributed by atoms with van der Waals surface area (Å²) in [5.41, 5.74) is 8.37. The van der Waals surface area contributed by atoms with Gasteiger partial charge in [0, 0.05) is 27.7 Å². The molecule has 0 bridgehead atoms. The lowest BCUT2D eigenvalue weighted by Gasteiger charge is -2.23. The van der Waals surface area contributed by atoms with E-state index in [1.54, 1.807) is 12.4 Å². The van der Waals surface area contributed by atoms with Crippen molar-refractivity contribution in [2.24, 2.45) is 11.7 Å². The fourth-order valence-corrected chi connectivity index (χ4v) is 3.58. The summed E-state index contributed by atoms with van der Waals surface area (Å²) in [6, 6.07) is 9.31. The van der Waals surface area contributed by atoms with Gasteiger partial charge in [0.25, 0.3) is 0 Å². The van der Waals surface area contributed by atoms with Gasteiger partial charge in [-0.25, -0.2) is 0 Å². The number of benzene rings is 1. The lowest BCUT2D eigenvalue weighted by Crippen LogP contribution is -2.35. The van der Waals surface area contributed by atoms with Gasteiger partial charge in [0.2, 0.25) is 0 Å². The lowest BCUT2D eigenvalue weighted by atomic mass is 9.93. The van der Waals surface area contributed by atoms with Gasteiger partial charge in [-0.05, 0) is 56.5 Å². The lowest BCUT2D eigenvalue weighted by molar-refractivity contribution is 0.229. The summed E-state index contributed by atoms with van der Waals surface area (Å²) >= 11 is 12.6. The zero-order chi connectivity index (χ0) is 19.6. The first-order valence-electron chi connectivity index (χ1n) is 8.85. The number of hydrogen-bond donors (Lipinski definition) is 1. The largest absolute Gasteiger partial charge is 0.490 e. The summed E-state index contributed by atoms with van der Waals surface area (Å²) in [7, 11) is 0. The molecule has 6 heteroatoms. The first kappa shape index (κ1) is 19.9. The highest BCUT2D eigenvalue weighted by Gasteiger charge is 2.17. The molecular weight excluding hydrogens is 381 g/mol. The summed E-state index contributed by atoms with van der Waals surface area (Å²) in [6.45, 7) is 6.67. The number of rotatable bonds is 6. The maximum atomic E-state index is 6.45. The van der Waals surface area contributed by atoms with Gasteiger partial charge in [-0.3, -0.25) is 9.97 Å². The molecule has 2 heterocycles. The second-order valence-corrected chi connectivity index (χ2v) is 8.47. The average molecular weight is 404 g/mol. The molecule has 2 N–H and O–H groups in total. The molecule has 0 aliphatic rings. The maximum Gasteiger partial charge on any atom is 0.156 e. The predicted octanol–water partition coefficient (Wildman–Crippen LogP) is 5.75. The van der Waals surface area contributed by atoms with Crippen LogP contribution in [-0.4, -0.2) is 22.1 Å². The molecule has 0 spiro atoms. The van der Waals surface area contributed by atoms with Gasteiger partial charge in [-0.2, -0.15) is 0 Å². The monoisotopic (exact) mass is 403 g/mol. The maximum absolute atomic E-state index is 6.45. The molecule has 2 aromatic heterocycles. The van der Waals surface area contributed by atoms with E-state index in [-0.39, 0.29) is 5.54 Å². The summed E-state index contributed by atoms with van der Waals surface area (Å²) in [5.74, 6) is 0.880. The topological polar surface area (TPSA) is 61.0 Å². The number of hydrogen-bond acceptors (Lipinski definition) is 4. The van der Waals surface area contributed by atoms with E-state index in [1.807, 2.05) is 44.2 Å². The molecule has 0 radical (unpaired) electrons. The van der Waals surface area contributed by atoms with Gasteiger partial charge in [0.15, 0.2) is 5.75 Å². The smallest absolute Gasteiger partial charge is 0.156 e. The van der Waals surface area contributed by atoms with E-state index in [0.717, 1.165) is 28.6 Å². The van der Waals surface area contributed by atoms with Crippen LogP contribution in [0, 0.1) is 5.92 Å². The molecule has 0 saturated carbocycles. The average Bonchev–Trinajstić information content (AvgIpc) is 2.58. The van der Waals surface area contributed by atoms with Gasteiger partial charge >= 0.3 is 0 Å². The van der Waals surface area contributed by atoms with E-state index < -0.39 is 0 Å². The van der Waals surface area contributed by atoms with Crippen LogP contribution >= 0.6 is 23.2 Å². The first-order valence-corrected chi connectivity index (χ1v) is 9.60. The number of nitrogens with zero attached hydrogens (tertiary/aromatic N) is 2. The van der Waals surface area contributed by atoms with Crippen molar-refractivity contribution in [3.05, 3.63) is 52.8 Å². The van der Waals surface area contributed by atoms with Crippen LogP contribution < -0.4 is 10.5 Å². The Morgan fingerprint density at radius 2 is 1.93 bits per heavy atom. The van der Waals surface area contributed by atoms with Crippen molar-refractivity contribution < 1.29 is 4.74 Å². The Bertz CT molecular complexity index is 954. The van der Waals surface area contributed by atoms with Crippen molar-refractivity contribution in [1.29, 1.82) is 0 Å². The number of halogens is 2. The minimum absolute atomic E-state index is 0.224. The van der Waals surface area contributed by atoms with E-state index >= 15 is 0 Å². The standard InChI is InChI=1S/C21H23Cl2N3O/c1-13(10-21(2,3)24)12-27-20-11-26-19(9-17(20)23)15-6-7-25-18-5-4-14(22)8-16(15)18/h4-9,11,13H,10,12,24H2,1-3H3/t13-/m0/s1. The van der Waals surface area contributed by atoms with Gasteiger partial charge < -0.3 is 10.5 Å². The Balaban J connectivity index is 1.82. The minimum Gasteiger partial charge on any atom is -0.490 e. The summed E-state index contributed by atoms with van der Waals surface area (Å²) < 4.78 is 5.86. The van der Waals surface area contributed by atoms with Gasteiger partial charge in [-0.1, -0.05) is 30.1 Å². The Kier molecular flexibility index (Phi) is 5.89. The van der Waals surface area contributed by atoms with Gasteiger partial charge in [0.1, 0.15) is 0 Å². The summed E-state index contributed by atoms with van der Waals surface area (Å²) in [6.07, 6.45) is 4.27. The third-order valence-corrected chi connectivity index (χ3v) is 4.73. The Hall–Kier alpha value is -1.88. The first-order chi connectivity index (χ1) is 12.7. The van der Waals surface area contributed by atoms with Crippen LogP contribution in [0.3, 0.4) is 0 Å². The van der Waals surface area contributed by atoms with Crippen LogP contribution in [-0.2, 0) is 0 Å². The Morgan fingerprint density at radius 3 is 2.63 bits per heavy atom. The van der Waals surface area contributed by atoms with Crippen LogP contribution in [0.1, 0.15) is 27.2 Å². The van der Waals surface area contributed by atoms with Crippen molar-refractivity contribution in [3.63, 3.8) is 0 Å². The Morgan fingerprint density at radius 1 is 1.15 bits per heavy atom. The highest BCUT2D eigenvalue weighted by molar-refractivity contribution is 6.32. The van der Waals surface area contributed by atoms with Crippen molar-refractivity contribution in [3.8, 4) is 17.0 Å². The number of fused-ring (bicyclic) bond motifs is 1. The van der Waals surface area contributed by atoms with E-state index in [4.69, 9.17) is 33.7 Å². The normalized spacial score (nSPS) is 13.0. The van der Waals surface area contributed by atoms with Gasteiger partial charge in [-0.15, -0.1) is 0 Å². The van der Waals surface area contributed by atoms with Crippen LogP contribution in [0.25, 0.3) is 22.2 Å². The molecule has 0 unspecified atom stereocenters. The molecule has 0 saturated heterocycles. The SMILES string of the molecule is C[C@H](COc1cnc(-c2ccnc3ccc(Cl)cc23)cc1Cl)CC(C)(C)N. The molecule has 4 nitrogen and oxygen atoms in total. The molecule has 1 aromatic carbocycles. The second kappa shape index (κ2) is 8.01. The molecule has 27 heavy (non-hydrogen) atoms. The van der Waals surface area contributed by atoms with Crippen LogP contribution in [0.5, 0.6) is 5.75 Å². The van der Waals surface area contributed by atoms with E-state index in [0.29, 0.717) is 28.3 Å². The van der Waals surface area contributed by atoms with E-state index in [2.05, 4.69) is 16.9 Å². The quantitative estimate of drug-likeness (QED) is 0.569. The Labute approximate surface area is 169 Å². The van der Waals surface area contributed by atoms with E-state index in [1.165, 1.54) is 0 Å². The molecule has 142 valence electrons. The molecule has 0 aliphatic carbocycles. The minimum atomic E-state index is -0.224. The number of ether oxygens (including phenoxy) is 1. The second-order valence-electron chi connectivity index (χ2n) is 7.63. The molecule has 0 fully saturated rings. The number of nitrogens with two attached hydrogens (primary N) is 1. The van der Waals surface area contributed by atoms with Crippen molar-refractivity contribution in [1.82, 2.24) is 9.97 Å². The third-order valence-electron chi connectivity index (χ3n) is 4.20. The highest BCUT2D eigenvalue weighted by Crippen LogP contribution is 2.33. The fraction of sp³-hybridized carbons (Fsp3) is 0.333. The van der Waals surface area contributed by atoms with E-state index in [9.17, 15) is 0 Å². The molecular formula is C21H23Cl2N3O. The van der Waals surface area contributed by atoms with Crippen molar-refractivity contribution >= 4 is 34.1 Å². The molecule has 0 aliphatic heterocycles. The van der Waals surface area contributed by atoms with Crippen LogP contribution in [0.4, 0.5) is 0 Å². The van der Waals surface area contributed by atoms with Crippen LogP contribution in [0.2, 0.25) is 10.0 Å². The number of aromatic nitrogens is 2. The van der Waals surface area contributed by atoms with Crippen molar-refractivity contribution in [2.75, 3.05) is 6.61 Å². The predicted molar refractivity (Wildman–Crippen MR) is 113 cm³/mol. The molecule has 1 atom stereocenters. The molecule has 3 rings (SSSR count). The molecule has 0 amide bonds. The fourth-order valence-electron chi connectivity index (χ4n) is 3.20.